The van der Waals surface area contributed by atoms with Gasteiger partial charge in [0.25, 0.3) is 0 Å². The van der Waals surface area contributed by atoms with Crippen LogP contribution in [0.4, 0.5) is 0 Å². The molecule has 86 valence electrons. The third kappa shape index (κ3) is 1.51. The molecule has 4 bridgehead atoms. The number of likely N-dealkylation sites (N-methyl/N-ethyl adjacent to an activating group) is 1. The van der Waals surface area contributed by atoms with Gasteiger partial charge in [0.05, 0.1) is 25.5 Å². The average molecular weight is 210 g/mol. The summed E-state index contributed by atoms with van der Waals surface area (Å²) in [6.07, 6.45) is 1.26. The molecular formula is C11H22N4. The van der Waals surface area contributed by atoms with E-state index in [9.17, 15) is 0 Å². The van der Waals surface area contributed by atoms with Gasteiger partial charge in [-0.1, -0.05) is 6.92 Å². The van der Waals surface area contributed by atoms with Crippen LogP contribution in [0.25, 0.3) is 0 Å². The average Bonchev–Trinajstić information content (AvgIpc) is 2.15. The Labute approximate surface area is 92.4 Å². The topological polar surface area (TPSA) is 13.0 Å². The second kappa shape index (κ2) is 3.42. The highest BCUT2D eigenvalue weighted by atomic mass is 15.6. The summed E-state index contributed by atoms with van der Waals surface area (Å²) in [5.41, 5.74) is 0.421. The van der Waals surface area contributed by atoms with E-state index in [1.165, 1.54) is 52.6 Å². The van der Waals surface area contributed by atoms with Gasteiger partial charge < -0.3 is 0 Å². The minimum Gasteiger partial charge on any atom is -0.297 e. The van der Waals surface area contributed by atoms with Crippen molar-refractivity contribution in [2.24, 2.45) is 0 Å². The molecule has 4 aliphatic rings. The molecule has 0 atom stereocenters. The van der Waals surface area contributed by atoms with Gasteiger partial charge in [-0.25, -0.2) is 0 Å². The minimum absolute atomic E-state index is 0.421. The Kier molecular flexibility index (Phi) is 2.28. The van der Waals surface area contributed by atoms with Crippen LogP contribution in [0.2, 0.25) is 0 Å². The van der Waals surface area contributed by atoms with Crippen molar-refractivity contribution in [3.05, 3.63) is 0 Å². The molecule has 4 saturated heterocycles. The van der Waals surface area contributed by atoms with Gasteiger partial charge in [0.15, 0.2) is 0 Å². The summed E-state index contributed by atoms with van der Waals surface area (Å²) < 4.78 is 0. The fourth-order valence-corrected chi connectivity index (χ4v) is 3.62. The molecule has 0 aromatic carbocycles. The highest BCUT2D eigenvalue weighted by molar-refractivity contribution is 5.05. The van der Waals surface area contributed by atoms with Gasteiger partial charge in [0.2, 0.25) is 0 Å². The zero-order valence-corrected chi connectivity index (χ0v) is 9.95. The van der Waals surface area contributed by atoms with Crippen LogP contribution >= 0.6 is 0 Å². The van der Waals surface area contributed by atoms with E-state index in [0.29, 0.717) is 5.54 Å². The van der Waals surface area contributed by atoms with E-state index in [1.807, 2.05) is 0 Å². The van der Waals surface area contributed by atoms with Crippen molar-refractivity contribution in [3.63, 3.8) is 0 Å². The SMILES string of the molecule is CCCN(C)C12CN3CN(CN(C3)C1)C2. The highest BCUT2D eigenvalue weighted by Gasteiger charge is 2.50. The molecule has 4 fully saturated rings. The molecule has 0 aromatic rings. The maximum Gasteiger partial charge on any atom is 0.0591 e. The van der Waals surface area contributed by atoms with Gasteiger partial charge in [-0.3, -0.25) is 19.6 Å². The quantitative estimate of drug-likeness (QED) is 0.644. The molecular weight excluding hydrogens is 188 g/mol. The standard InChI is InChI=1S/C11H22N4/c1-3-4-12(2)11-5-13-8-14(6-11)10-15(7-11)9-13/h3-10H2,1-2H3. The van der Waals surface area contributed by atoms with E-state index < -0.39 is 0 Å². The van der Waals surface area contributed by atoms with Crippen LogP contribution in [0.1, 0.15) is 13.3 Å². The molecule has 0 unspecified atom stereocenters. The second-order valence-electron chi connectivity index (χ2n) is 5.56. The first-order chi connectivity index (χ1) is 7.22. The van der Waals surface area contributed by atoms with Crippen LogP contribution < -0.4 is 0 Å². The maximum absolute atomic E-state index is 2.59. The van der Waals surface area contributed by atoms with Gasteiger partial charge >= 0.3 is 0 Å². The predicted octanol–water partition coefficient (Wildman–Crippen LogP) is -0.114. The van der Waals surface area contributed by atoms with E-state index in [0.717, 1.165) is 0 Å². The lowest BCUT2D eigenvalue weighted by molar-refractivity contribution is -0.179. The van der Waals surface area contributed by atoms with Gasteiger partial charge in [-0.15, -0.1) is 0 Å². The Morgan fingerprint density at radius 1 is 1.00 bits per heavy atom. The molecule has 0 spiro atoms. The van der Waals surface area contributed by atoms with Gasteiger partial charge in [-0.05, 0) is 20.0 Å². The van der Waals surface area contributed by atoms with Crippen molar-refractivity contribution in [2.75, 3.05) is 53.2 Å². The molecule has 4 heteroatoms. The number of hydrogen-bond donors (Lipinski definition) is 0. The van der Waals surface area contributed by atoms with Crippen LogP contribution in [0.5, 0.6) is 0 Å². The van der Waals surface area contributed by atoms with Crippen LogP contribution in [-0.2, 0) is 0 Å². The predicted molar refractivity (Wildman–Crippen MR) is 60.4 cm³/mol. The molecule has 15 heavy (non-hydrogen) atoms. The van der Waals surface area contributed by atoms with E-state index in [4.69, 9.17) is 0 Å². The van der Waals surface area contributed by atoms with E-state index in [2.05, 4.69) is 33.6 Å². The lowest BCUT2D eigenvalue weighted by atomic mass is 9.89. The Hall–Kier alpha value is -0.160. The Balaban J connectivity index is 1.80. The molecule has 4 heterocycles. The summed E-state index contributed by atoms with van der Waals surface area (Å²) in [5, 5.41) is 0. The molecule has 0 aliphatic carbocycles. The van der Waals surface area contributed by atoms with Crippen molar-refractivity contribution in [2.45, 2.75) is 18.9 Å². The Bertz CT molecular complexity index is 218. The van der Waals surface area contributed by atoms with Crippen molar-refractivity contribution >= 4 is 0 Å². The van der Waals surface area contributed by atoms with E-state index in [-0.39, 0.29) is 0 Å². The van der Waals surface area contributed by atoms with E-state index in [1.54, 1.807) is 0 Å². The third-order valence-electron chi connectivity index (χ3n) is 4.12. The van der Waals surface area contributed by atoms with Gasteiger partial charge in [0, 0.05) is 19.6 Å². The normalized spacial score (nSPS) is 47.8. The smallest absolute Gasteiger partial charge is 0.0591 e. The number of nitrogens with zero attached hydrogens (tertiary/aromatic N) is 4. The lowest BCUT2D eigenvalue weighted by Gasteiger charge is -2.63. The minimum atomic E-state index is 0.421. The Morgan fingerprint density at radius 3 is 1.87 bits per heavy atom. The molecule has 0 N–H and O–H groups in total. The van der Waals surface area contributed by atoms with Crippen LogP contribution in [-0.4, -0.2) is 78.4 Å². The number of rotatable bonds is 3. The zero-order valence-electron chi connectivity index (χ0n) is 9.95. The van der Waals surface area contributed by atoms with Crippen molar-refractivity contribution in [1.29, 1.82) is 0 Å². The fraction of sp³-hybridized carbons (Fsp3) is 1.00. The highest BCUT2D eigenvalue weighted by Crippen LogP contribution is 2.32. The molecule has 0 radical (unpaired) electrons. The summed E-state index contributed by atoms with van der Waals surface area (Å²) in [7, 11) is 2.31. The van der Waals surface area contributed by atoms with Gasteiger partial charge in [-0.2, -0.15) is 0 Å². The first-order valence-electron chi connectivity index (χ1n) is 6.10. The maximum atomic E-state index is 2.59. The van der Waals surface area contributed by atoms with Crippen molar-refractivity contribution in [3.8, 4) is 0 Å². The first kappa shape index (κ1) is 10.0. The van der Waals surface area contributed by atoms with Crippen molar-refractivity contribution < 1.29 is 0 Å². The molecule has 0 amide bonds. The van der Waals surface area contributed by atoms with Crippen LogP contribution in [0.3, 0.4) is 0 Å². The second-order valence-corrected chi connectivity index (χ2v) is 5.56. The Morgan fingerprint density at radius 2 is 1.47 bits per heavy atom. The summed E-state index contributed by atoms with van der Waals surface area (Å²) in [4.78, 5) is 10.4. The monoisotopic (exact) mass is 210 g/mol. The molecule has 4 nitrogen and oxygen atoms in total. The first-order valence-corrected chi connectivity index (χ1v) is 6.10. The molecule has 0 saturated carbocycles. The zero-order chi connectivity index (χ0) is 10.5. The number of hydrogen-bond acceptors (Lipinski definition) is 4. The van der Waals surface area contributed by atoms with Crippen LogP contribution in [0.15, 0.2) is 0 Å². The molecule has 4 rings (SSSR count). The van der Waals surface area contributed by atoms with Crippen LogP contribution in [0, 0.1) is 0 Å². The van der Waals surface area contributed by atoms with Gasteiger partial charge in [0.1, 0.15) is 0 Å². The molecule has 0 aromatic heterocycles. The summed E-state index contributed by atoms with van der Waals surface area (Å²) in [6, 6.07) is 0. The lowest BCUT2D eigenvalue weighted by Crippen LogP contribution is -2.79. The fourth-order valence-electron chi connectivity index (χ4n) is 3.62. The summed E-state index contributed by atoms with van der Waals surface area (Å²) in [5.74, 6) is 0. The largest absolute Gasteiger partial charge is 0.297 e. The van der Waals surface area contributed by atoms with Crippen molar-refractivity contribution in [1.82, 2.24) is 19.6 Å². The third-order valence-corrected chi connectivity index (χ3v) is 4.12. The summed E-state index contributed by atoms with van der Waals surface area (Å²) >= 11 is 0. The summed E-state index contributed by atoms with van der Waals surface area (Å²) in [6.45, 7) is 10.9. The molecule has 4 aliphatic heterocycles. The van der Waals surface area contributed by atoms with E-state index >= 15 is 0 Å².